The Morgan fingerprint density at radius 1 is 1.05 bits per heavy atom. The van der Waals surface area contributed by atoms with Crippen LogP contribution in [0.2, 0.25) is 0 Å². The second kappa shape index (κ2) is 8.43. The van der Waals surface area contributed by atoms with E-state index >= 15 is 0 Å². The maximum atomic E-state index is 3.75. The van der Waals surface area contributed by atoms with Crippen molar-refractivity contribution in [1.82, 2.24) is 10.2 Å². The number of nitrogens with one attached hydrogen (secondary N) is 1. The van der Waals surface area contributed by atoms with E-state index in [1.54, 1.807) is 0 Å². The first-order chi connectivity index (χ1) is 9.55. The molecule has 0 aliphatic heterocycles. The van der Waals surface area contributed by atoms with Crippen LogP contribution in [0.3, 0.4) is 0 Å². The zero-order valence-electron chi connectivity index (χ0n) is 13.9. The highest BCUT2D eigenvalue weighted by Crippen LogP contribution is 2.34. The van der Waals surface area contributed by atoms with E-state index in [9.17, 15) is 0 Å². The summed E-state index contributed by atoms with van der Waals surface area (Å²) in [5, 5.41) is 3.75. The molecule has 0 aromatic heterocycles. The molecule has 0 spiro atoms. The summed E-state index contributed by atoms with van der Waals surface area (Å²) in [6, 6.07) is 11.3. The normalized spacial score (nSPS) is 13.7. The van der Waals surface area contributed by atoms with Gasteiger partial charge in [0.2, 0.25) is 0 Å². The van der Waals surface area contributed by atoms with Gasteiger partial charge in [-0.05, 0) is 37.0 Å². The van der Waals surface area contributed by atoms with Gasteiger partial charge in [0.1, 0.15) is 0 Å². The molecule has 20 heavy (non-hydrogen) atoms. The smallest absolute Gasteiger partial charge is 0.0384 e. The van der Waals surface area contributed by atoms with E-state index < -0.39 is 0 Å². The van der Waals surface area contributed by atoms with Crippen molar-refractivity contribution in [3.8, 4) is 0 Å². The van der Waals surface area contributed by atoms with Crippen LogP contribution in [0.4, 0.5) is 0 Å². The molecule has 0 saturated heterocycles. The summed E-state index contributed by atoms with van der Waals surface area (Å²) in [4.78, 5) is 2.52. The van der Waals surface area contributed by atoms with Gasteiger partial charge in [0.05, 0.1) is 0 Å². The van der Waals surface area contributed by atoms with Crippen molar-refractivity contribution < 1.29 is 0 Å². The fraction of sp³-hybridized carbons (Fsp3) is 0.667. The average Bonchev–Trinajstić information content (AvgIpc) is 2.46. The minimum atomic E-state index is 0.211. The molecule has 0 bridgehead atoms. The van der Waals surface area contributed by atoms with Gasteiger partial charge in [-0.25, -0.2) is 0 Å². The summed E-state index contributed by atoms with van der Waals surface area (Å²) < 4.78 is 0. The van der Waals surface area contributed by atoms with Gasteiger partial charge in [-0.3, -0.25) is 0 Å². The van der Waals surface area contributed by atoms with Gasteiger partial charge in [0, 0.05) is 12.6 Å². The Labute approximate surface area is 125 Å². The Bertz CT molecular complexity index is 355. The molecule has 2 nitrogen and oxygen atoms in total. The first-order valence-corrected chi connectivity index (χ1v) is 8.05. The van der Waals surface area contributed by atoms with E-state index in [4.69, 9.17) is 0 Å². The second-order valence-electron chi connectivity index (χ2n) is 6.25. The summed E-state index contributed by atoms with van der Waals surface area (Å²) in [7, 11) is 0. The van der Waals surface area contributed by atoms with Crippen molar-refractivity contribution in [2.24, 2.45) is 5.41 Å². The lowest BCUT2D eigenvalue weighted by molar-refractivity contribution is 0.145. The predicted octanol–water partition coefficient (Wildman–Crippen LogP) is 4.10. The minimum absolute atomic E-state index is 0.211. The van der Waals surface area contributed by atoms with Crippen molar-refractivity contribution in [2.75, 3.05) is 26.2 Å². The molecule has 1 atom stereocenters. The first kappa shape index (κ1) is 17.2. The van der Waals surface area contributed by atoms with E-state index in [0.717, 1.165) is 26.2 Å². The van der Waals surface area contributed by atoms with Crippen molar-refractivity contribution in [3.05, 3.63) is 35.9 Å². The van der Waals surface area contributed by atoms with Gasteiger partial charge < -0.3 is 10.2 Å². The van der Waals surface area contributed by atoms with E-state index in [2.05, 4.69) is 75.2 Å². The SMILES string of the molecule is CCCNC(c1ccccc1)C(C)(C)CN(CC)CC. The molecule has 0 amide bonds. The van der Waals surface area contributed by atoms with Gasteiger partial charge in [0.25, 0.3) is 0 Å². The quantitative estimate of drug-likeness (QED) is 0.730. The molecule has 1 aromatic rings. The highest BCUT2D eigenvalue weighted by atomic mass is 15.1. The number of hydrogen-bond donors (Lipinski definition) is 1. The Hall–Kier alpha value is -0.860. The predicted molar refractivity (Wildman–Crippen MR) is 89.0 cm³/mol. The molecule has 0 saturated carbocycles. The fourth-order valence-electron chi connectivity index (χ4n) is 2.89. The molecule has 0 fully saturated rings. The third-order valence-electron chi connectivity index (χ3n) is 4.04. The third-order valence-corrected chi connectivity index (χ3v) is 4.04. The lowest BCUT2D eigenvalue weighted by Crippen LogP contribution is -2.43. The van der Waals surface area contributed by atoms with Crippen LogP contribution >= 0.6 is 0 Å². The van der Waals surface area contributed by atoms with Crippen LogP contribution in [0.5, 0.6) is 0 Å². The number of hydrogen-bond acceptors (Lipinski definition) is 2. The molecule has 1 aromatic carbocycles. The maximum Gasteiger partial charge on any atom is 0.0384 e. The molecule has 114 valence electrons. The van der Waals surface area contributed by atoms with Crippen LogP contribution in [0.25, 0.3) is 0 Å². The fourth-order valence-corrected chi connectivity index (χ4v) is 2.89. The van der Waals surface area contributed by atoms with Crippen LogP contribution in [-0.4, -0.2) is 31.1 Å². The van der Waals surface area contributed by atoms with Gasteiger partial charge in [-0.1, -0.05) is 65.0 Å². The number of rotatable bonds is 9. The highest BCUT2D eigenvalue weighted by molar-refractivity contribution is 5.21. The summed E-state index contributed by atoms with van der Waals surface area (Å²) in [5.41, 5.74) is 1.61. The Morgan fingerprint density at radius 3 is 2.15 bits per heavy atom. The number of benzene rings is 1. The van der Waals surface area contributed by atoms with E-state index in [-0.39, 0.29) is 5.41 Å². The Balaban J connectivity index is 2.90. The summed E-state index contributed by atoms with van der Waals surface area (Å²) >= 11 is 0. The Kier molecular flexibility index (Phi) is 7.25. The topological polar surface area (TPSA) is 15.3 Å². The first-order valence-electron chi connectivity index (χ1n) is 8.05. The highest BCUT2D eigenvalue weighted by Gasteiger charge is 2.31. The van der Waals surface area contributed by atoms with Gasteiger partial charge >= 0.3 is 0 Å². The summed E-state index contributed by atoms with van der Waals surface area (Å²) in [5.74, 6) is 0. The zero-order valence-corrected chi connectivity index (χ0v) is 13.9. The molecule has 2 heteroatoms. The molecule has 1 rings (SSSR count). The van der Waals surface area contributed by atoms with Gasteiger partial charge in [-0.2, -0.15) is 0 Å². The number of nitrogens with zero attached hydrogens (tertiary/aromatic N) is 1. The van der Waals surface area contributed by atoms with Gasteiger partial charge in [0.15, 0.2) is 0 Å². The minimum Gasteiger partial charge on any atom is -0.309 e. The molecular weight excluding hydrogens is 244 g/mol. The van der Waals surface area contributed by atoms with Crippen LogP contribution in [-0.2, 0) is 0 Å². The van der Waals surface area contributed by atoms with Crippen molar-refractivity contribution in [2.45, 2.75) is 47.1 Å². The van der Waals surface area contributed by atoms with Gasteiger partial charge in [-0.15, -0.1) is 0 Å². The molecule has 0 heterocycles. The molecule has 1 unspecified atom stereocenters. The molecule has 1 N–H and O–H groups in total. The van der Waals surface area contributed by atoms with Crippen LogP contribution in [0, 0.1) is 5.41 Å². The monoisotopic (exact) mass is 276 g/mol. The molecule has 0 radical (unpaired) electrons. The molecule has 0 aliphatic carbocycles. The van der Waals surface area contributed by atoms with E-state index in [0.29, 0.717) is 6.04 Å². The third kappa shape index (κ3) is 4.92. The van der Waals surface area contributed by atoms with E-state index in [1.165, 1.54) is 12.0 Å². The van der Waals surface area contributed by atoms with Crippen LogP contribution < -0.4 is 5.32 Å². The van der Waals surface area contributed by atoms with Crippen LogP contribution in [0.1, 0.15) is 52.6 Å². The standard InChI is InChI=1S/C18H32N2/c1-6-14-19-17(16-12-10-9-11-13-16)18(4,5)15-20(7-2)8-3/h9-13,17,19H,6-8,14-15H2,1-5H3. The lowest BCUT2D eigenvalue weighted by Gasteiger charge is -2.39. The molecule has 0 aliphatic rings. The van der Waals surface area contributed by atoms with Crippen molar-refractivity contribution in [1.29, 1.82) is 0 Å². The second-order valence-corrected chi connectivity index (χ2v) is 6.25. The maximum absolute atomic E-state index is 3.75. The largest absolute Gasteiger partial charge is 0.309 e. The lowest BCUT2D eigenvalue weighted by atomic mass is 9.79. The summed E-state index contributed by atoms with van der Waals surface area (Å²) in [6.45, 7) is 15.9. The average molecular weight is 276 g/mol. The zero-order chi connectivity index (χ0) is 15.0. The summed E-state index contributed by atoms with van der Waals surface area (Å²) in [6.07, 6.45) is 1.17. The van der Waals surface area contributed by atoms with E-state index in [1.807, 2.05) is 0 Å². The van der Waals surface area contributed by atoms with Crippen LogP contribution in [0.15, 0.2) is 30.3 Å². The Morgan fingerprint density at radius 2 is 1.65 bits per heavy atom. The van der Waals surface area contributed by atoms with Crippen molar-refractivity contribution in [3.63, 3.8) is 0 Å². The molecular formula is C18H32N2. The van der Waals surface area contributed by atoms with Crippen molar-refractivity contribution >= 4 is 0 Å².